The van der Waals surface area contributed by atoms with Crippen LogP contribution in [0.3, 0.4) is 0 Å². The molecule has 6 nitrogen and oxygen atoms in total. The Bertz CT molecular complexity index is 422. The molecular formula is C14H24N4O2. The number of hydrogen-bond donors (Lipinski definition) is 1. The lowest BCUT2D eigenvalue weighted by atomic mass is 10.1. The highest BCUT2D eigenvalue weighted by atomic mass is 16.5. The molecule has 1 aromatic heterocycles. The minimum Gasteiger partial charge on any atom is -0.377 e. The second-order valence-electron chi connectivity index (χ2n) is 5.08. The minimum absolute atomic E-state index is 0.299. The van der Waals surface area contributed by atoms with E-state index < -0.39 is 0 Å². The van der Waals surface area contributed by atoms with Gasteiger partial charge in [0.15, 0.2) is 5.82 Å². The van der Waals surface area contributed by atoms with Crippen LogP contribution in [0.1, 0.15) is 25.1 Å². The van der Waals surface area contributed by atoms with Gasteiger partial charge in [-0.1, -0.05) is 0 Å². The number of aromatic nitrogens is 2. The predicted octanol–water partition coefficient (Wildman–Crippen LogP) is 1.67. The summed E-state index contributed by atoms with van der Waals surface area (Å²) in [5, 5.41) is 3.06. The maximum absolute atomic E-state index is 5.78. The first-order valence-electron chi connectivity index (χ1n) is 7.10. The second kappa shape index (κ2) is 7.40. The Labute approximate surface area is 120 Å². The standard InChI is InChI=1S/C14H24N4O2/c1-15-12-8-14(17-13(16-12)10-19-3)18(2)9-11-6-4-5-7-20-11/h8,11H,4-7,9-10H2,1-3H3,(H,15,16,17). The van der Waals surface area contributed by atoms with E-state index in [9.17, 15) is 0 Å². The van der Waals surface area contributed by atoms with E-state index in [2.05, 4.69) is 20.2 Å². The van der Waals surface area contributed by atoms with E-state index in [4.69, 9.17) is 9.47 Å². The summed E-state index contributed by atoms with van der Waals surface area (Å²) in [6, 6.07) is 1.95. The van der Waals surface area contributed by atoms with Crippen molar-refractivity contribution in [1.82, 2.24) is 9.97 Å². The number of methoxy groups -OCH3 is 1. The summed E-state index contributed by atoms with van der Waals surface area (Å²) in [5.41, 5.74) is 0. The Hall–Kier alpha value is -1.40. The van der Waals surface area contributed by atoms with E-state index in [1.165, 1.54) is 12.8 Å². The lowest BCUT2D eigenvalue weighted by molar-refractivity contribution is 0.0215. The third-order valence-electron chi connectivity index (χ3n) is 3.43. The van der Waals surface area contributed by atoms with Gasteiger partial charge in [0.05, 0.1) is 6.10 Å². The van der Waals surface area contributed by atoms with Gasteiger partial charge < -0.3 is 19.7 Å². The fourth-order valence-corrected chi connectivity index (χ4v) is 2.35. The molecule has 0 aliphatic carbocycles. The molecule has 0 radical (unpaired) electrons. The normalized spacial score (nSPS) is 18.9. The third kappa shape index (κ3) is 4.05. The average molecular weight is 280 g/mol. The summed E-state index contributed by atoms with van der Waals surface area (Å²) in [5.74, 6) is 2.38. The smallest absolute Gasteiger partial charge is 0.158 e. The Morgan fingerprint density at radius 2 is 2.30 bits per heavy atom. The lowest BCUT2D eigenvalue weighted by Gasteiger charge is -2.28. The molecule has 2 heterocycles. The van der Waals surface area contributed by atoms with Crippen molar-refractivity contribution >= 4 is 11.6 Å². The quantitative estimate of drug-likeness (QED) is 0.855. The molecule has 0 saturated carbocycles. The maximum Gasteiger partial charge on any atom is 0.158 e. The Morgan fingerprint density at radius 1 is 1.45 bits per heavy atom. The summed E-state index contributed by atoms with van der Waals surface area (Å²) in [7, 11) is 5.54. The largest absolute Gasteiger partial charge is 0.377 e. The zero-order valence-electron chi connectivity index (χ0n) is 12.6. The fourth-order valence-electron chi connectivity index (χ4n) is 2.35. The molecular weight excluding hydrogens is 256 g/mol. The van der Waals surface area contributed by atoms with Crippen molar-refractivity contribution in [3.8, 4) is 0 Å². The van der Waals surface area contributed by atoms with Crippen LogP contribution in [-0.4, -0.2) is 50.4 Å². The molecule has 6 heteroatoms. The van der Waals surface area contributed by atoms with Gasteiger partial charge in [0, 0.05) is 40.4 Å². The monoisotopic (exact) mass is 280 g/mol. The molecule has 1 aliphatic heterocycles. The van der Waals surface area contributed by atoms with E-state index >= 15 is 0 Å². The molecule has 1 atom stereocenters. The Kier molecular flexibility index (Phi) is 5.55. The summed E-state index contributed by atoms with van der Waals surface area (Å²) in [6.45, 7) is 2.14. The molecule has 1 aromatic rings. The number of likely N-dealkylation sites (N-methyl/N-ethyl adjacent to an activating group) is 1. The zero-order chi connectivity index (χ0) is 14.4. The van der Waals surface area contributed by atoms with E-state index in [0.29, 0.717) is 18.5 Å². The van der Waals surface area contributed by atoms with Gasteiger partial charge in [0.25, 0.3) is 0 Å². The van der Waals surface area contributed by atoms with E-state index in [1.54, 1.807) is 7.11 Å². The van der Waals surface area contributed by atoms with Crippen LogP contribution < -0.4 is 10.2 Å². The molecule has 0 aromatic carbocycles. The Morgan fingerprint density at radius 3 is 2.95 bits per heavy atom. The maximum atomic E-state index is 5.78. The number of nitrogens with zero attached hydrogens (tertiary/aromatic N) is 3. The Balaban J connectivity index is 2.06. The number of hydrogen-bond acceptors (Lipinski definition) is 6. The van der Waals surface area contributed by atoms with Gasteiger partial charge in [-0.15, -0.1) is 0 Å². The van der Waals surface area contributed by atoms with Crippen LogP contribution in [0.4, 0.5) is 11.6 Å². The third-order valence-corrected chi connectivity index (χ3v) is 3.43. The van der Waals surface area contributed by atoms with Crippen LogP contribution >= 0.6 is 0 Å². The van der Waals surface area contributed by atoms with E-state index in [1.807, 2.05) is 20.2 Å². The molecule has 20 heavy (non-hydrogen) atoms. The van der Waals surface area contributed by atoms with Gasteiger partial charge in [-0.25, -0.2) is 9.97 Å². The number of ether oxygens (including phenoxy) is 2. The SMILES string of the molecule is CNc1cc(N(C)CC2CCCCO2)nc(COC)n1. The summed E-state index contributed by atoms with van der Waals surface area (Å²) in [4.78, 5) is 11.0. The van der Waals surface area contributed by atoms with Gasteiger partial charge in [-0.05, 0) is 19.3 Å². The van der Waals surface area contributed by atoms with Crippen molar-refractivity contribution in [2.75, 3.05) is 44.6 Å². The molecule has 0 amide bonds. The van der Waals surface area contributed by atoms with Crippen LogP contribution in [0, 0.1) is 0 Å². The first-order chi connectivity index (χ1) is 9.72. The molecule has 1 N–H and O–H groups in total. The molecule has 0 bridgehead atoms. The topological polar surface area (TPSA) is 59.5 Å². The highest BCUT2D eigenvalue weighted by Crippen LogP contribution is 2.19. The molecule has 1 aliphatic rings. The first-order valence-corrected chi connectivity index (χ1v) is 7.10. The van der Waals surface area contributed by atoms with Crippen molar-refractivity contribution in [2.45, 2.75) is 32.0 Å². The first kappa shape index (κ1) is 15.0. The zero-order valence-corrected chi connectivity index (χ0v) is 12.6. The van der Waals surface area contributed by atoms with Gasteiger partial charge in [-0.2, -0.15) is 0 Å². The summed E-state index contributed by atoms with van der Waals surface area (Å²) in [6.07, 6.45) is 3.85. The molecule has 1 unspecified atom stereocenters. The predicted molar refractivity (Wildman–Crippen MR) is 79.2 cm³/mol. The minimum atomic E-state index is 0.299. The average Bonchev–Trinajstić information content (AvgIpc) is 2.48. The number of rotatable bonds is 6. The van der Waals surface area contributed by atoms with Crippen molar-refractivity contribution in [1.29, 1.82) is 0 Å². The highest BCUT2D eigenvalue weighted by molar-refractivity contribution is 5.48. The van der Waals surface area contributed by atoms with Crippen LogP contribution in [-0.2, 0) is 16.1 Å². The molecule has 112 valence electrons. The summed E-state index contributed by atoms with van der Waals surface area (Å²) >= 11 is 0. The lowest BCUT2D eigenvalue weighted by Crippen LogP contribution is -2.34. The molecule has 1 saturated heterocycles. The number of nitrogens with one attached hydrogen (secondary N) is 1. The molecule has 0 spiro atoms. The van der Waals surface area contributed by atoms with Crippen LogP contribution in [0.5, 0.6) is 0 Å². The van der Waals surface area contributed by atoms with Gasteiger partial charge in [-0.3, -0.25) is 0 Å². The van der Waals surface area contributed by atoms with Gasteiger partial charge >= 0.3 is 0 Å². The molecule has 1 fully saturated rings. The van der Waals surface area contributed by atoms with E-state index in [0.717, 1.165) is 31.2 Å². The van der Waals surface area contributed by atoms with Crippen LogP contribution in [0.2, 0.25) is 0 Å². The van der Waals surface area contributed by atoms with Gasteiger partial charge in [0.1, 0.15) is 18.2 Å². The fraction of sp³-hybridized carbons (Fsp3) is 0.714. The van der Waals surface area contributed by atoms with E-state index in [-0.39, 0.29) is 0 Å². The van der Waals surface area contributed by atoms with Gasteiger partial charge in [0.2, 0.25) is 0 Å². The number of anilines is 2. The second-order valence-corrected chi connectivity index (χ2v) is 5.08. The van der Waals surface area contributed by atoms with Crippen molar-refractivity contribution < 1.29 is 9.47 Å². The van der Waals surface area contributed by atoms with Crippen molar-refractivity contribution in [3.05, 3.63) is 11.9 Å². The van der Waals surface area contributed by atoms with Crippen molar-refractivity contribution in [3.63, 3.8) is 0 Å². The summed E-state index contributed by atoms with van der Waals surface area (Å²) < 4.78 is 10.9. The van der Waals surface area contributed by atoms with Crippen molar-refractivity contribution in [2.24, 2.45) is 0 Å². The molecule has 2 rings (SSSR count). The van der Waals surface area contributed by atoms with Crippen LogP contribution in [0.15, 0.2) is 6.07 Å². The highest BCUT2D eigenvalue weighted by Gasteiger charge is 2.17. The van der Waals surface area contributed by atoms with Crippen LogP contribution in [0.25, 0.3) is 0 Å².